The number of hydrogen-bond donors (Lipinski definition) is 0. The predicted octanol–water partition coefficient (Wildman–Crippen LogP) is 3.90. The van der Waals surface area contributed by atoms with Gasteiger partial charge in [0.1, 0.15) is 14.1 Å². The van der Waals surface area contributed by atoms with E-state index in [1.54, 1.807) is 0 Å². The Kier molecular flexibility index (Phi) is 10.8. The van der Waals surface area contributed by atoms with E-state index in [9.17, 15) is 0 Å². The third-order valence-corrected chi connectivity index (χ3v) is 7.38. The first-order valence-corrected chi connectivity index (χ1v) is 12.3. The number of rotatable bonds is 0. The van der Waals surface area contributed by atoms with Crippen LogP contribution in [-0.2, 0) is 35.2 Å². The fraction of sp³-hybridized carbons (Fsp3) is 0.593. The molecule has 0 unspecified atom stereocenters. The van der Waals surface area contributed by atoms with Gasteiger partial charge < -0.3 is 0 Å². The summed E-state index contributed by atoms with van der Waals surface area (Å²) in [6.07, 6.45) is 0. The molecule has 0 N–H and O–H groups in total. The minimum absolute atomic E-state index is 1.13. The molecule has 0 saturated carbocycles. The van der Waals surface area contributed by atoms with Crippen molar-refractivity contribution in [2.24, 2.45) is 35.2 Å². The Morgan fingerprint density at radius 1 is 0.444 bits per heavy atom. The van der Waals surface area contributed by atoms with Crippen LogP contribution in [0.15, 0.2) is 0 Å². The van der Waals surface area contributed by atoms with Crippen LogP contribution in [0.3, 0.4) is 0 Å². The molecule has 4 heterocycles. The van der Waals surface area contributed by atoms with E-state index in [1.165, 1.54) is 45.2 Å². The monoisotopic (exact) mass is 498 g/mol. The van der Waals surface area contributed by atoms with Crippen molar-refractivity contribution in [3.63, 3.8) is 0 Å². The number of hydrogen-bond acceptors (Lipinski definition) is 4. The van der Waals surface area contributed by atoms with E-state index in [0.717, 1.165) is 17.1 Å². The van der Waals surface area contributed by atoms with E-state index in [4.69, 9.17) is 0 Å². The zero-order chi connectivity index (χ0) is 28.1. The first-order valence-electron chi connectivity index (χ1n) is 12.3. The third kappa shape index (κ3) is 7.38. The average Bonchev–Trinajstić information content (AvgIpc) is 3.37. The molecule has 0 radical (unpaired) electrons. The molecule has 0 spiro atoms. The van der Waals surface area contributed by atoms with Gasteiger partial charge in [-0.3, -0.25) is 14.0 Å². The molecule has 36 heavy (non-hydrogen) atoms. The molecule has 4 aromatic heterocycles. The number of aryl methyl sites for hydroxylation is 8. The highest BCUT2D eigenvalue weighted by Crippen LogP contribution is 2.09. The summed E-state index contributed by atoms with van der Waals surface area (Å²) in [7, 11) is 9.80. The summed E-state index contributed by atoms with van der Waals surface area (Å²) in [5.41, 5.74) is 13.5. The van der Waals surface area contributed by atoms with E-state index in [1.807, 2.05) is 79.4 Å². The summed E-state index contributed by atoms with van der Waals surface area (Å²) in [5, 5.41) is 16.8. The first-order chi connectivity index (χ1) is 16.5. The normalized spacial score (nSPS) is 10.2. The maximum absolute atomic E-state index is 4.23. The van der Waals surface area contributed by atoms with Gasteiger partial charge in [0.25, 0.3) is 0 Å². The molecule has 4 rings (SSSR count). The van der Waals surface area contributed by atoms with Crippen molar-refractivity contribution in [2.45, 2.75) is 76.2 Å². The highest BCUT2D eigenvalue weighted by Gasteiger charge is 2.10. The Bertz CT molecular complexity index is 1000. The molecule has 9 heteroatoms. The van der Waals surface area contributed by atoms with E-state index >= 15 is 0 Å². The number of aromatic nitrogens is 9. The quantitative estimate of drug-likeness (QED) is 0.345. The lowest BCUT2D eigenvalue weighted by molar-refractivity contribution is -0.737. The molecule has 0 atom stereocenters. The second-order valence-corrected chi connectivity index (χ2v) is 9.57. The van der Waals surface area contributed by atoms with Crippen molar-refractivity contribution < 1.29 is 4.68 Å². The van der Waals surface area contributed by atoms with Gasteiger partial charge in [-0.25, -0.2) is 0 Å². The Balaban J connectivity index is 0.000000240. The van der Waals surface area contributed by atoms with Gasteiger partial charge in [0.05, 0.1) is 22.3 Å². The van der Waals surface area contributed by atoms with Crippen LogP contribution in [0, 0.1) is 76.2 Å². The summed E-state index contributed by atoms with van der Waals surface area (Å²) in [5.74, 6) is 0. The summed E-state index contributed by atoms with van der Waals surface area (Å²) in [6.45, 7) is 22.7. The van der Waals surface area contributed by atoms with Crippen LogP contribution in [0.5, 0.6) is 0 Å². The molecule has 0 saturated heterocycles. The van der Waals surface area contributed by atoms with Crippen LogP contribution < -0.4 is 4.68 Å². The minimum Gasteiger partial charge on any atom is -0.272 e. The molecule has 9 nitrogen and oxygen atoms in total. The van der Waals surface area contributed by atoms with Crippen LogP contribution in [0.2, 0.25) is 0 Å². The first kappa shape index (κ1) is 30.8. The topological polar surface area (TPSA) is 75.2 Å². The maximum atomic E-state index is 4.23. The zero-order valence-corrected chi connectivity index (χ0v) is 25.5. The fourth-order valence-corrected chi connectivity index (χ4v) is 3.44. The smallest absolute Gasteiger partial charge is 0.167 e. The molecule has 0 amide bonds. The second-order valence-electron chi connectivity index (χ2n) is 9.57. The molecular formula is C27H48N9+. The average molecular weight is 499 g/mol. The van der Waals surface area contributed by atoms with Gasteiger partial charge >= 0.3 is 0 Å². The highest BCUT2D eigenvalue weighted by atomic mass is 15.5. The van der Waals surface area contributed by atoms with Crippen molar-refractivity contribution >= 4 is 0 Å². The summed E-state index contributed by atoms with van der Waals surface area (Å²) < 4.78 is 9.46. The highest BCUT2D eigenvalue weighted by molar-refractivity contribution is 5.22. The van der Waals surface area contributed by atoms with E-state index < -0.39 is 0 Å². The van der Waals surface area contributed by atoms with Crippen molar-refractivity contribution in [1.82, 2.24) is 39.2 Å². The second kappa shape index (κ2) is 12.6. The molecule has 0 aliphatic carbocycles. The predicted molar refractivity (Wildman–Crippen MR) is 146 cm³/mol. The van der Waals surface area contributed by atoms with Gasteiger partial charge in [0.2, 0.25) is 0 Å². The molecule has 0 aliphatic rings. The molecule has 200 valence electrons. The summed E-state index contributed by atoms with van der Waals surface area (Å²) in [4.78, 5) is 0. The van der Waals surface area contributed by atoms with Crippen LogP contribution in [0.1, 0.15) is 62.2 Å². The van der Waals surface area contributed by atoms with Gasteiger partial charge in [-0.1, -0.05) is 0 Å². The van der Waals surface area contributed by atoms with Gasteiger partial charge in [-0.05, 0) is 79.0 Å². The lowest BCUT2D eigenvalue weighted by Gasteiger charge is -1.90. The molecule has 0 bridgehead atoms. The summed E-state index contributed by atoms with van der Waals surface area (Å²) >= 11 is 0. The van der Waals surface area contributed by atoms with Crippen molar-refractivity contribution in [2.75, 3.05) is 0 Å². The summed E-state index contributed by atoms with van der Waals surface area (Å²) in [6, 6.07) is 0. The van der Waals surface area contributed by atoms with Gasteiger partial charge in [-0.2, -0.15) is 15.3 Å². The van der Waals surface area contributed by atoms with Gasteiger partial charge in [-0.15, -0.1) is 9.36 Å². The van der Waals surface area contributed by atoms with Crippen LogP contribution >= 0.6 is 0 Å². The zero-order valence-electron chi connectivity index (χ0n) is 25.5. The Labute approximate surface area is 217 Å². The Morgan fingerprint density at radius 3 is 0.778 bits per heavy atom. The lowest BCUT2D eigenvalue weighted by atomic mass is 10.2. The van der Waals surface area contributed by atoms with E-state index in [-0.39, 0.29) is 0 Å². The maximum Gasteiger partial charge on any atom is 0.167 e. The lowest BCUT2D eigenvalue weighted by Crippen LogP contribution is -2.33. The van der Waals surface area contributed by atoms with Crippen LogP contribution in [0.25, 0.3) is 0 Å². The fourth-order valence-electron chi connectivity index (χ4n) is 3.44. The number of nitrogens with zero attached hydrogens (tertiary/aromatic N) is 9. The molecule has 0 aliphatic heterocycles. The SMILES string of the molecule is Cc1c(C)[n+](C)nn1C.Cc1nn(C)c(C)c1C.Cc1nn(C)c(C)c1C.Cc1nn(C)c(C)c1C. The van der Waals surface area contributed by atoms with E-state index in [2.05, 4.69) is 75.9 Å². The van der Waals surface area contributed by atoms with Gasteiger partial charge in [0, 0.05) is 52.1 Å². The van der Waals surface area contributed by atoms with Crippen molar-refractivity contribution in [3.8, 4) is 0 Å². The van der Waals surface area contributed by atoms with E-state index in [0.29, 0.717) is 0 Å². The molecule has 0 fully saturated rings. The van der Waals surface area contributed by atoms with Crippen molar-refractivity contribution in [1.29, 1.82) is 0 Å². The van der Waals surface area contributed by atoms with Crippen LogP contribution in [0.4, 0.5) is 0 Å². The third-order valence-electron chi connectivity index (χ3n) is 7.38. The Hall–Kier alpha value is -3.23. The Morgan fingerprint density at radius 2 is 0.722 bits per heavy atom. The minimum atomic E-state index is 1.13. The van der Waals surface area contributed by atoms with Gasteiger partial charge in [0.15, 0.2) is 11.4 Å². The van der Waals surface area contributed by atoms with Crippen molar-refractivity contribution in [3.05, 3.63) is 62.2 Å². The standard InChI is InChI=1S/3C7H12N2.C6H12N3/c3*1-5-6(2)8-9(4)7(5)3;1-5-6(2)9(4)7-8(5)3/h4*1-4H3/q;;;+1. The van der Waals surface area contributed by atoms with Crippen LogP contribution in [-0.4, -0.2) is 39.2 Å². The largest absolute Gasteiger partial charge is 0.272 e. The molecular weight excluding hydrogens is 450 g/mol. The molecule has 4 aromatic rings. The molecule has 0 aromatic carbocycles.